The van der Waals surface area contributed by atoms with Gasteiger partial charge in [0.05, 0.1) is 6.20 Å². The second-order valence-corrected chi connectivity index (χ2v) is 3.68. The Morgan fingerprint density at radius 2 is 2.18 bits per heavy atom. The van der Waals surface area contributed by atoms with Crippen LogP contribution in [0.1, 0.15) is 16.1 Å². The van der Waals surface area contributed by atoms with Crippen molar-refractivity contribution < 1.29 is 9.90 Å². The number of aryl methyl sites for hydroxylation is 2. The molecular formula is C11H11N3O3. The van der Waals surface area contributed by atoms with Gasteiger partial charge in [0.25, 0.3) is 0 Å². The van der Waals surface area contributed by atoms with Crippen molar-refractivity contribution in [3.8, 4) is 5.82 Å². The van der Waals surface area contributed by atoms with E-state index >= 15 is 0 Å². The van der Waals surface area contributed by atoms with Gasteiger partial charge in [-0.1, -0.05) is 0 Å². The summed E-state index contributed by atoms with van der Waals surface area (Å²) in [6.07, 6.45) is 2.92. The third-order valence-electron chi connectivity index (χ3n) is 2.52. The molecule has 0 fully saturated rings. The molecule has 0 saturated carbocycles. The number of carboxylic acids is 1. The number of rotatable bonds is 2. The van der Waals surface area contributed by atoms with Crippen molar-refractivity contribution >= 4 is 5.97 Å². The molecule has 0 amide bonds. The van der Waals surface area contributed by atoms with Gasteiger partial charge in [-0.25, -0.2) is 4.79 Å². The molecule has 0 atom stereocenters. The predicted octanol–water partition coefficient (Wildman–Crippen LogP) is 0.578. The maximum Gasteiger partial charge on any atom is 0.341 e. The number of hydrogen-bond donors (Lipinski definition) is 1. The fourth-order valence-electron chi connectivity index (χ4n) is 1.64. The molecule has 2 heterocycles. The summed E-state index contributed by atoms with van der Waals surface area (Å²) in [5, 5.41) is 12.9. The largest absolute Gasteiger partial charge is 0.477 e. The van der Waals surface area contributed by atoms with E-state index in [1.807, 2.05) is 0 Å². The lowest BCUT2D eigenvalue weighted by atomic mass is 10.2. The van der Waals surface area contributed by atoms with Crippen LogP contribution >= 0.6 is 0 Å². The van der Waals surface area contributed by atoms with Crippen molar-refractivity contribution in [1.29, 1.82) is 0 Å². The van der Waals surface area contributed by atoms with Crippen LogP contribution in [0.2, 0.25) is 0 Å². The standard InChI is InChI=1S/C11H11N3O3/c1-7-5-9(15)8(11(16)17)6-14(7)10-3-4-12-13(10)2/h3-6H,1-2H3,(H,16,17). The van der Waals surface area contributed by atoms with Crippen molar-refractivity contribution in [3.05, 3.63) is 46.0 Å². The topological polar surface area (TPSA) is 77.1 Å². The van der Waals surface area contributed by atoms with Crippen molar-refractivity contribution in [2.24, 2.45) is 7.05 Å². The molecule has 0 aliphatic heterocycles. The number of pyridine rings is 1. The van der Waals surface area contributed by atoms with Gasteiger partial charge in [-0.3, -0.25) is 9.48 Å². The first kappa shape index (κ1) is 11.1. The zero-order valence-corrected chi connectivity index (χ0v) is 9.41. The highest BCUT2D eigenvalue weighted by atomic mass is 16.4. The minimum atomic E-state index is -1.23. The maximum atomic E-state index is 11.5. The van der Waals surface area contributed by atoms with E-state index < -0.39 is 11.4 Å². The minimum Gasteiger partial charge on any atom is -0.477 e. The van der Waals surface area contributed by atoms with E-state index in [1.165, 1.54) is 12.3 Å². The van der Waals surface area contributed by atoms with Crippen LogP contribution in [0.4, 0.5) is 0 Å². The summed E-state index contributed by atoms with van der Waals surface area (Å²) in [7, 11) is 1.74. The highest BCUT2D eigenvalue weighted by molar-refractivity contribution is 5.87. The molecule has 88 valence electrons. The molecule has 1 N–H and O–H groups in total. The Bertz CT molecular complexity index is 640. The summed E-state index contributed by atoms with van der Waals surface area (Å²) >= 11 is 0. The normalized spacial score (nSPS) is 10.5. The molecule has 0 saturated heterocycles. The van der Waals surface area contributed by atoms with E-state index in [0.717, 1.165) is 0 Å². The molecule has 2 rings (SSSR count). The predicted molar refractivity (Wildman–Crippen MR) is 60.5 cm³/mol. The Balaban J connectivity index is 2.71. The minimum absolute atomic E-state index is 0.253. The molecule has 0 aliphatic rings. The molecule has 0 aromatic carbocycles. The highest BCUT2D eigenvalue weighted by Gasteiger charge is 2.12. The maximum absolute atomic E-state index is 11.5. The number of aromatic nitrogens is 3. The molecule has 6 nitrogen and oxygen atoms in total. The Morgan fingerprint density at radius 1 is 1.47 bits per heavy atom. The van der Waals surface area contributed by atoms with E-state index in [-0.39, 0.29) is 5.56 Å². The molecular weight excluding hydrogens is 222 g/mol. The Hall–Kier alpha value is -2.37. The van der Waals surface area contributed by atoms with Gasteiger partial charge >= 0.3 is 5.97 Å². The lowest BCUT2D eigenvalue weighted by Gasteiger charge is -2.11. The number of aromatic carboxylic acids is 1. The Morgan fingerprint density at radius 3 is 2.71 bits per heavy atom. The van der Waals surface area contributed by atoms with Gasteiger partial charge in [0.2, 0.25) is 0 Å². The summed E-state index contributed by atoms with van der Waals surface area (Å²) < 4.78 is 3.22. The van der Waals surface area contributed by atoms with E-state index in [9.17, 15) is 9.59 Å². The van der Waals surface area contributed by atoms with Gasteiger partial charge in [-0.05, 0) is 6.92 Å². The number of nitrogens with zero attached hydrogens (tertiary/aromatic N) is 3. The Kier molecular flexibility index (Phi) is 2.55. The van der Waals surface area contributed by atoms with Crippen LogP contribution in [0, 0.1) is 6.92 Å². The van der Waals surface area contributed by atoms with Crippen LogP contribution < -0.4 is 5.43 Å². The summed E-state index contributed by atoms with van der Waals surface area (Å²) in [5.41, 5.74) is -0.0891. The van der Waals surface area contributed by atoms with Crippen molar-refractivity contribution in [3.63, 3.8) is 0 Å². The average molecular weight is 233 g/mol. The van der Waals surface area contributed by atoms with Gasteiger partial charge in [-0.2, -0.15) is 5.10 Å². The van der Waals surface area contributed by atoms with Crippen LogP contribution in [0.5, 0.6) is 0 Å². The second-order valence-electron chi connectivity index (χ2n) is 3.68. The van der Waals surface area contributed by atoms with Crippen LogP contribution in [0.25, 0.3) is 5.82 Å². The number of carbonyl (C=O) groups is 1. The second kappa shape index (κ2) is 3.89. The molecule has 0 spiro atoms. The van der Waals surface area contributed by atoms with E-state index in [1.54, 1.807) is 35.5 Å². The zero-order chi connectivity index (χ0) is 12.6. The summed E-state index contributed by atoms with van der Waals surface area (Å²) in [6.45, 7) is 1.74. The Labute approximate surface area is 96.7 Å². The first-order chi connectivity index (χ1) is 8.00. The van der Waals surface area contributed by atoms with Crippen LogP contribution in [0.3, 0.4) is 0 Å². The summed E-state index contributed by atoms with van der Waals surface area (Å²) in [5.74, 6) is -0.532. The van der Waals surface area contributed by atoms with Crippen LogP contribution in [0.15, 0.2) is 29.3 Å². The van der Waals surface area contributed by atoms with Gasteiger partial charge in [-0.15, -0.1) is 0 Å². The van der Waals surface area contributed by atoms with Gasteiger partial charge in [0.1, 0.15) is 11.4 Å². The average Bonchev–Trinajstić information content (AvgIpc) is 2.64. The number of carboxylic acid groups (broad SMARTS) is 1. The molecule has 6 heteroatoms. The fraction of sp³-hybridized carbons (Fsp3) is 0.182. The number of hydrogen-bond acceptors (Lipinski definition) is 3. The monoisotopic (exact) mass is 233 g/mol. The van der Waals surface area contributed by atoms with Gasteiger partial charge < -0.3 is 9.67 Å². The summed E-state index contributed by atoms with van der Waals surface area (Å²) in [4.78, 5) is 22.4. The van der Waals surface area contributed by atoms with Crippen LogP contribution in [-0.4, -0.2) is 25.4 Å². The molecule has 17 heavy (non-hydrogen) atoms. The SMILES string of the molecule is Cc1cc(=O)c(C(=O)O)cn1-c1ccnn1C. The molecule has 0 aliphatic carbocycles. The van der Waals surface area contributed by atoms with E-state index in [4.69, 9.17) is 5.11 Å². The van der Waals surface area contributed by atoms with Crippen molar-refractivity contribution in [1.82, 2.24) is 14.3 Å². The molecule has 2 aromatic rings. The van der Waals surface area contributed by atoms with Gasteiger partial charge in [0, 0.05) is 31.1 Å². The van der Waals surface area contributed by atoms with Crippen molar-refractivity contribution in [2.45, 2.75) is 6.92 Å². The molecule has 0 unspecified atom stereocenters. The highest BCUT2D eigenvalue weighted by Crippen LogP contribution is 2.09. The van der Waals surface area contributed by atoms with E-state index in [2.05, 4.69) is 5.10 Å². The lowest BCUT2D eigenvalue weighted by molar-refractivity contribution is 0.0694. The third kappa shape index (κ3) is 1.84. The first-order valence-corrected chi connectivity index (χ1v) is 4.95. The summed E-state index contributed by atoms with van der Waals surface area (Å²) in [6, 6.07) is 3.04. The fourth-order valence-corrected chi connectivity index (χ4v) is 1.64. The third-order valence-corrected chi connectivity index (χ3v) is 2.52. The van der Waals surface area contributed by atoms with Crippen molar-refractivity contribution in [2.75, 3.05) is 0 Å². The van der Waals surface area contributed by atoms with Crippen LogP contribution in [-0.2, 0) is 7.05 Å². The lowest BCUT2D eigenvalue weighted by Crippen LogP contribution is -2.19. The smallest absolute Gasteiger partial charge is 0.341 e. The zero-order valence-electron chi connectivity index (χ0n) is 9.41. The quantitative estimate of drug-likeness (QED) is 0.823. The van der Waals surface area contributed by atoms with E-state index in [0.29, 0.717) is 11.5 Å². The molecule has 0 radical (unpaired) electrons. The first-order valence-electron chi connectivity index (χ1n) is 4.95. The van der Waals surface area contributed by atoms with Gasteiger partial charge in [0.15, 0.2) is 5.43 Å². The molecule has 0 bridgehead atoms. The molecule has 2 aromatic heterocycles.